The van der Waals surface area contributed by atoms with E-state index in [1.54, 1.807) is 18.0 Å². The Kier molecular flexibility index (Phi) is 3.37. The Hall–Kier alpha value is -2.28. The average molecular weight is 329 g/mol. The van der Waals surface area contributed by atoms with Crippen molar-refractivity contribution in [2.75, 3.05) is 11.5 Å². The summed E-state index contributed by atoms with van der Waals surface area (Å²) in [5.74, 6) is 2.33. The molecular weight excluding hydrogens is 314 g/mol. The first-order valence-corrected chi connectivity index (χ1v) is 8.55. The van der Waals surface area contributed by atoms with Gasteiger partial charge >= 0.3 is 6.03 Å². The van der Waals surface area contributed by atoms with Crippen molar-refractivity contribution in [3.8, 4) is 11.3 Å². The smallest absolute Gasteiger partial charge is 0.325 e. The van der Waals surface area contributed by atoms with E-state index in [1.807, 2.05) is 30.3 Å². The molecule has 23 heavy (non-hydrogen) atoms. The zero-order valence-corrected chi connectivity index (χ0v) is 13.1. The lowest BCUT2D eigenvalue weighted by Gasteiger charge is -2.18. The van der Waals surface area contributed by atoms with Gasteiger partial charge in [-0.2, -0.15) is 11.8 Å². The summed E-state index contributed by atoms with van der Waals surface area (Å²) >= 11 is 1.68. The Bertz CT molecular complexity index is 753. The van der Waals surface area contributed by atoms with Gasteiger partial charge in [-0.25, -0.2) is 9.78 Å². The summed E-state index contributed by atoms with van der Waals surface area (Å²) in [4.78, 5) is 30.1. The Morgan fingerprint density at radius 3 is 2.87 bits per heavy atom. The number of hydrogen-bond acceptors (Lipinski definition) is 5. The second kappa shape index (κ2) is 5.42. The molecule has 6 nitrogen and oxygen atoms in total. The zero-order valence-electron chi connectivity index (χ0n) is 12.3. The number of thioether (sulfide) groups is 1. The van der Waals surface area contributed by atoms with E-state index in [0.29, 0.717) is 23.8 Å². The molecule has 4 rings (SSSR count). The van der Waals surface area contributed by atoms with Crippen LogP contribution in [-0.2, 0) is 11.3 Å². The molecular formula is C16H15N3O3S. The van der Waals surface area contributed by atoms with Crippen molar-refractivity contribution in [1.29, 1.82) is 0 Å². The maximum Gasteiger partial charge on any atom is 0.325 e. The van der Waals surface area contributed by atoms with Crippen LogP contribution in [0, 0.1) is 0 Å². The third-order valence-corrected chi connectivity index (χ3v) is 5.36. The quantitative estimate of drug-likeness (QED) is 0.874. The fraction of sp³-hybridized carbons (Fsp3) is 0.312. The maximum absolute atomic E-state index is 12.6. The summed E-state index contributed by atoms with van der Waals surface area (Å²) < 4.78 is 5.69. The second-order valence-corrected chi connectivity index (χ2v) is 6.80. The molecule has 1 spiro atoms. The fourth-order valence-corrected chi connectivity index (χ4v) is 4.23. The van der Waals surface area contributed by atoms with Crippen molar-refractivity contribution in [1.82, 2.24) is 15.2 Å². The van der Waals surface area contributed by atoms with E-state index < -0.39 is 5.54 Å². The van der Waals surface area contributed by atoms with Crippen LogP contribution in [0.4, 0.5) is 4.79 Å². The van der Waals surface area contributed by atoms with E-state index >= 15 is 0 Å². The molecule has 1 aromatic heterocycles. The predicted molar refractivity (Wildman–Crippen MR) is 85.7 cm³/mol. The molecule has 0 aliphatic carbocycles. The number of aromatic nitrogens is 1. The highest BCUT2D eigenvalue weighted by Gasteiger charge is 2.53. The molecule has 0 bridgehead atoms. The Morgan fingerprint density at radius 2 is 2.13 bits per heavy atom. The van der Waals surface area contributed by atoms with Crippen LogP contribution in [0.1, 0.15) is 12.3 Å². The van der Waals surface area contributed by atoms with E-state index in [0.717, 1.165) is 11.3 Å². The molecule has 2 fully saturated rings. The number of imide groups is 1. The normalized spacial score (nSPS) is 23.7. The number of carbonyl (C=O) groups is 2. The van der Waals surface area contributed by atoms with Crippen molar-refractivity contribution in [2.45, 2.75) is 18.5 Å². The predicted octanol–water partition coefficient (Wildman–Crippen LogP) is 2.27. The summed E-state index contributed by atoms with van der Waals surface area (Å²) in [5.41, 5.74) is 0.184. The van der Waals surface area contributed by atoms with Crippen LogP contribution in [0.25, 0.3) is 11.3 Å². The van der Waals surface area contributed by atoms with Crippen LogP contribution in [0.5, 0.6) is 0 Å². The van der Waals surface area contributed by atoms with Crippen LogP contribution >= 0.6 is 11.8 Å². The Balaban J connectivity index is 1.54. The van der Waals surface area contributed by atoms with Gasteiger partial charge in [0.1, 0.15) is 12.1 Å². The van der Waals surface area contributed by atoms with Gasteiger partial charge in [0.05, 0.1) is 6.20 Å². The van der Waals surface area contributed by atoms with Crippen molar-refractivity contribution in [2.24, 2.45) is 0 Å². The molecule has 1 aromatic carbocycles. The van der Waals surface area contributed by atoms with E-state index in [1.165, 1.54) is 4.90 Å². The minimum atomic E-state index is -0.726. The van der Waals surface area contributed by atoms with Crippen LogP contribution in [0.15, 0.2) is 40.9 Å². The van der Waals surface area contributed by atoms with E-state index in [2.05, 4.69) is 10.3 Å². The van der Waals surface area contributed by atoms with Crippen LogP contribution in [0.3, 0.4) is 0 Å². The van der Waals surface area contributed by atoms with Gasteiger partial charge in [-0.1, -0.05) is 30.3 Å². The molecule has 1 atom stereocenters. The minimum Gasteiger partial charge on any atom is -0.439 e. The molecule has 2 aliphatic heterocycles. The molecule has 1 N–H and O–H groups in total. The number of nitrogens with zero attached hydrogens (tertiary/aromatic N) is 2. The number of nitrogens with one attached hydrogen (secondary N) is 1. The lowest BCUT2D eigenvalue weighted by Crippen LogP contribution is -2.46. The van der Waals surface area contributed by atoms with E-state index in [4.69, 9.17) is 4.42 Å². The lowest BCUT2D eigenvalue weighted by molar-refractivity contribution is -0.131. The van der Waals surface area contributed by atoms with Crippen LogP contribution in [-0.4, -0.2) is 38.9 Å². The average Bonchev–Trinajstić information content (AvgIpc) is 3.27. The number of amides is 3. The van der Waals surface area contributed by atoms with Crippen LogP contribution < -0.4 is 5.32 Å². The van der Waals surface area contributed by atoms with Gasteiger partial charge in [-0.15, -0.1) is 0 Å². The van der Waals surface area contributed by atoms with Crippen molar-refractivity contribution in [3.63, 3.8) is 0 Å². The first-order valence-electron chi connectivity index (χ1n) is 7.40. The zero-order chi connectivity index (χ0) is 15.9. The standard InChI is InChI=1S/C16H15N3O3S/c20-14-16(6-7-23-10-16)18-15(21)19(14)9-13-17-8-12(22-13)11-4-2-1-3-5-11/h1-5,8H,6-7,9-10H2,(H,18,21). The van der Waals surface area contributed by atoms with Gasteiger partial charge in [-0.05, 0) is 12.2 Å². The van der Waals surface area contributed by atoms with Gasteiger partial charge in [0.25, 0.3) is 5.91 Å². The molecule has 3 amide bonds. The highest BCUT2D eigenvalue weighted by atomic mass is 32.2. The molecule has 118 valence electrons. The summed E-state index contributed by atoms with van der Waals surface area (Å²) in [7, 11) is 0. The molecule has 2 saturated heterocycles. The highest BCUT2D eigenvalue weighted by Crippen LogP contribution is 2.34. The van der Waals surface area contributed by atoms with Crippen molar-refractivity contribution >= 4 is 23.7 Å². The largest absolute Gasteiger partial charge is 0.439 e. The van der Waals surface area contributed by atoms with E-state index in [-0.39, 0.29) is 18.5 Å². The lowest BCUT2D eigenvalue weighted by atomic mass is 9.99. The number of rotatable bonds is 3. The van der Waals surface area contributed by atoms with Crippen LogP contribution in [0.2, 0.25) is 0 Å². The summed E-state index contributed by atoms with van der Waals surface area (Å²) in [5, 5.41) is 2.83. The van der Waals surface area contributed by atoms with Gasteiger partial charge < -0.3 is 9.73 Å². The Labute approximate surface area is 137 Å². The molecule has 0 saturated carbocycles. The number of urea groups is 1. The highest BCUT2D eigenvalue weighted by molar-refractivity contribution is 7.99. The second-order valence-electron chi connectivity index (χ2n) is 5.69. The van der Waals surface area contributed by atoms with Gasteiger partial charge in [0.15, 0.2) is 5.76 Å². The third-order valence-electron chi connectivity index (χ3n) is 4.17. The molecule has 3 heterocycles. The van der Waals surface area contributed by atoms with Gasteiger partial charge in [-0.3, -0.25) is 9.69 Å². The Morgan fingerprint density at radius 1 is 1.30 bits per heavy atom. The minimum absolute atomic E-state index is 0.0594. The number of carbonyl (C=O) groups excluding carboxylic acids is 2. The maximum atomic E-state index is 12.6. The number of benzene rings is 1. The topological polar surface area (TPSA) is 75.4 Å². The molecule has 7 heteroatoms. The first kappa shape index (κ1) is 14.3. The summed E-state index contributed by atoms with van der Waals surface area (Å²) in [6, 6.07) is 9.22. The molecule has 0 radical (unpaired) electrons. The SMILES string of the molecule is O=C1NC2(CCSC2)C(=O)N1Cc1ncc(-c2ccccc2)o1. The summed E-state index contributed by atoms with van der Waals surface area (Å²) in [6.45, 7) is 0.0594. The first-order chi connectivity index (χ1) is 11.2. The molecule has 2 aromatic rings. The van der Waals surface area contributed by atoms with E-state index in [9.17, 15) is 9.59 Å². The molecule has 1 unspecified atom stereocenters. The molecule has 2 aliphatic rings. The summed E-state index contributed by atoms with van der Waals surface area (Å²) in [6.07, 6.45) is 2.30. The monoisotopic (exact) mass is 329 g/mol. The third kappa shape index (κ3) is 2.41. The van der Waals surface area contributed by atoms with Crippen molar-refractivity contribution in [3.05, 3.63) is 42.4 Å². The number of oxazole rings is 1. The van der Waals surface area contributed by atoms with Crippen molar-refractivity contribution < 1.29 is 14.0 Å². The van der Waals surface area contributed by atoms with Gasteiger partial charge in [0.2, 0.25) is 5.89 Å². The fourth-order valence-electron chi connectivity index (χ4n) is 2.91. The number of hydrogen-bond donors (Lipinski definition) is 1. The van der Waals surface area contributed by atoms with Gasteiger partial charge in [0, 0.05) is 11.3 Å².